The second-order valence-electron chi connectivity index (χ2n) is 6.32. The number of amides is 1. The van der Waals surface area contributed by atoms with E-state index >= 15 is 0 Å². The van der Waals surface area contributed by atoms with E-state index < -0.39 is 5.60 Å². The molecule has 1 aliphatic rings. The number of likely N-dealkylation sites (tertiary alicyclic amines) is 1. The van der Waals surface area contributed by atoms with E-state index in [1.165, 1.54) is 0 Å². The lowest BCUT2D eigenvalue weighted by Crippen LogP contribution is -2.44. The number of ether oxygens (including phenoxy) is 1. The third-order valence-corrected chi connectivity index (χ3v) is 3.53. The van der Waals surface area contributed by atoms with Gasteiger partial charge in [-0.15, -0.1) is 0 Å². The molecule has 0 bridgehead atoms. The van der Waals surface area contributed by atoms with Crippen molar-refractivity contribution in [1.82, 2.24) is 4.90 Å². The molecule has 1 aromatic rings. The molecule has 0 radical (unpaired) electrons. The number of nitrogens with zero attached hydrogens (tertiary/aromatic N) is 1. The van der Waals surface area contributed by atoms with Crippen molar-refractivity contribution in [3.8, 4) is 0 Å². The number of carbonyl (C=O) groups excluding carboxylic acids is 1. The Morgan fingerprint density at radius 1 is 1.35 bits per heavy atom. The predicted molar refractivity (Wildman–Crippen MR) is 79.3 cm³/mol. The lowest BCUT2D eigenvalue weighted by molar-refractivity contribution is 0.0206. The van der Waals surface area contributed by atoms with Crippen molar-refractivity contribution in [2.75, 3.05) is 6.54 Å². The standard InChI is InChI=1S/C16H24N2O2/c1-16(2,3)20-15(19)18-11-7-10-13(18)14(17)12-8-5-4-6-9-12/h4-6,8-9,13-14H,7,10-11,17H2,1-3H3/t13-,14+/m1/s1. The van der Waals surface area contributed by atoms with Gasteiger partial charge in [-0.25, -0.2) is 4.79 Å². The van der Waals surface area contributed by atoms with Crippen LogP contribution in [0, 0.1) is 0 Å². The maximum absolute atomic E-state index is 12.3. The lowest BCUT2D eigenvalue weighted by Gasteiger charge is -2.31. The average Bonchev–Trinajstić information content (AvgIpc) is 2.86. The van der Waals surface area contributed by atoms with Gasteiger partial charge in [0, 0.05) is 6.54 Å². The molecule has 4 heteroatoms. The first-order valence-electron chi connectivity index (χ1n) is 7.18. The van der Waals surface area contributed by atoms with E-state index in [1.807, 2.05) is 51.1 Å². The number of carbonyl (C=O) groups is 1. The molecule has 1 aromatic carbocycles. The molecule has 4 nitrogen and oxygen atoms in total. The van der Waals surface area contributed by atoms with Gasteiger partial charge in [0.1, 0.15) is 5.60 Å². The number of hydrogen-bond donors (Lipinski definition) is 1. The van der Waals surface area contributed by atoms with Gasteiger partial charge in [0.25, 0.3) is 0 Å². The molecule has 1 fully saturated rings. The van der Waals surface area contributed by atoms with Gasteiger partial charge in [-0.3, -0.25) is 0 Å². The highest BCUT2D eigenvalue weighted by Crippen LogP contribution is 2.29. The van der Waals surface area contributed by atoms with E-state index in [9.17, 15) is 4.79 Å². The van der Waals surface area contributed by atoms with Crippen molar-refractivity contribution < 1.29 is 9.53 Å². The summed E-state index contributed by atoms with van der Waals surface area (Å²) in [5.41, 5.74) is 6.93. The van der Waals surface area contributed by atoms with Gasteiger partial charge in [0.2, 0.25) is 0 Å². The topological polar surface area (TPSA) is 55.6 Å². The van der Waals surface area contributed by atoms with E-state index in [4.69, 9.17) is 10.5 Å². The second-order valence-corrected chi connectivity index (χ2v) is 6.32. The fourth-order valence-corrected chi connectivity index (χ4v) is 2.61. The van der Waals surface area contributed by atoms with Crippen molar-refractivity contribution in [3.05, 3.63) is 35.9 Å². The zero-order valence-corrected chi connectivity index (χ0v) is 12.5. The molecule has 2 atom stereocenters. The van der Waals surface area contributed by atoms with E-state index in [2.05, 4.69) is 0 Å². The van der Waals surface area contributed by atoms with Crippen LogP contribution in [0.3, 0.4) is 0 Å². The Kier molecular flexibility index (Phi) is 4.33. The van der Waals surface area contributed by atoms with Crippen molar-refractivity contribution in [3.63, 3.8) is 0 Å². The minimum absolute atomic E-state index is 0.0206. The quantitative estimate of drug-likeness (QED) is 0.903. The van der Waals surface area contributed by atoms with Crippen LogP contribution in [0.1, 0.15) is 45.2 Å². The molecule has 110 valence electrons. The SMILES string of the molecule is CC(C)(C)OC(=O)N1CCC[C@@H]1[C@@H](N)c1ccccc1. The number of benzene rings is 1. The van der Waals surface area contributed by atoms with Gasteiger partial charge < -0.3 is 15.4 Å². The Hall–Kier alpha value is -1.55. The minimum atomic E-state index is -0.471. The van der Waals surface area contributed by atoms with E-state index in [0.29, 0.717) is 0 Å². The van der Waals surface area contributed by atoms with Crippen molar-refractivity contribution >= 4 is 6.09 Å². The fourth-order valence-electron chi connectivity index (χ4n) is 2.61. The number of hydrogen-bond acceptors (Lipinski definition) is 3. The first kappa shape index (κ1) is 14.9. The van der Waals surface area contributed by atoms with Crippen LogP contribution in [-0.2, 0) is 4.74 Å². The normalized spacial score (nSPS) is 20.8. The van der Waals surface area contributed by atoms with Crippen LogP contribution in [0.4, 0.5) is 4.79 Å². The molecule has 1 amide bonds. The minimum Gasteiger partial charge on any atom is -0.444 e. The molecule has 0 aliphatic carbocycles. The van der Waals surface area contributed by atoms with Gasteiger partial charge >= 0.3 is 6.09 Å². The average molecular weight is 276 g/mol. The smallest absolute Gasteiger partial charge is 0.410 e. The van der Waals surface area contributed by atoms with E-state index in [0.717, 1.165) is 24.9 Å². The molecule has 1 saturated heterocycles. The van der Waals surface area contributed by atoms with Crippen LogP contribution in [0.15, 0.2) is 30.3 Å². The van der Waals surface area contributed by atoms with E-state index in [1.54, 1.807) is 4.90 Å². The maximum Gasteiger partial charge on any atom is 0.410 e. The monoisotopic (exact) mass is 276 g/mol. The highest BCUT2D eigenvalue weighted by atomic mass is 16.6. The molecule has 2 rings (SSSR count). The Labute approximate surface area is 120 Å². The first-order chi connectivity index (χ1) is 9.38. The third-order valence-electron chi connectivity index (χ3n) is 3.53. The van der Waals surface area contributed by atoms with Gasteiger partial charge in [-0.05, 0) is 39.2 Å². The molecule has 1 aliphatic heterocycles. The number of rotatable bonds is 2. The van der Waals surface area contributed by atoms with Gasteiger partial charge in [0.15, 0.2) is 0 Å². The van der Waals surface area contributed by atoms with E-state index in [-0.39, 0.29) is 18.2 Å². The summed E-state index contributed by atoms with van der Waals surface area (Å²) < 4.78 is 5.47. The molecule has 0 aromatic heterocycles. The zero-order valence-electron chi connectivity index (χ0n) is 12.5. The summed E-state index contributed by atoms with van der Waals surface area (Å²) in [6, 6.07) is 9.80. The third kappa shape index (κ3) is 3.51. The molecular formula is C16H24N2O2. The van der Waals surface area contributed by atoms with Crippen LogP contribution < -0.4 is 5.73 Å². The highest BCUT2D eigenvalue weighted by Gasteiger charge is 2.36. The summed E-state index contributed by atoms with van der Waals surface area (Å²) in [5, 5.41) is 0. The van der Waals surface area contributed by atoms with Crippen LogP contribution >= 0.6 is 0 Å². The first-order valence-corrected chi connectivity index (χ1v) is 7.18. The molecule has 0 spiro atoms. The van der Waals surface area contributed by atoms with Crippen LogP contribution in [0.2, 0.25) is 0 Å². The molecule has 20 heavy (non-hydrogen) atoms. The largest absolute Gasteiger partial charge is 0.444 e. The van der Waals surface area contributed by atoms with Crippen molar-refractivity contribution in [2.24, 2.45) is 5.73 Å². The summed E-state index contributed by atoms with van der Waals surface area (Å²) in [6.07, 6.45) is 1.64. The molecule has 2 N–H and O–H groups in total. The Morgan fingerprint density at radius 2 is 2.00 bits per heavy atom. The zero-order chi connectivity index (χ0) is 14.8. The summed E-state index contributed by atoms with van der Waals surface area (Å²) in [6.45, 7) is 6.37. The number of nitrogens with two attached hydrogens (primary N) is 1. The second kappa shape index (κ2) is 5.83. The summed E-state index contributed by atoms with van der Waals surface area (Å²) in [4.78, 5) is 14.0. The molecule has 1 heterocycles. The molecule has 0 unspecified atom stereocenters. The van der Waals surface area contributed by atoms with Crippen LogP contribution in [0.5, 0.6) is 0 Å². The van der Waals surface area contributed by atoms with Crippen molar-refractivity contribution in [1.29, 1.82) is 0 Å². The highest BCUT2D eigenvalue weighted by molar-refractivity contribution is 5.69. The summed E-state index contributed by atoms with van der Waals surface area (Å²) in [5.74, 6) is 0. The summed E-state index contributed by atoms with van der Waals surface area (Å²) >= 11 is 0. The van der Waals surface area contributed by atoms with Crippen molar-refractivity contribution in [2.45, 2.75) is 51.3 Å². The lowest BCUT2D eigenvalue weighted by atomic mass is 9.98. The van der Waals surface area contributed by atoms with Crippen LogP contribution in [0.25, 0.3) is 0 Å². The molecule has 0 saturated carbocycles. The maximum atomic E-state index is 12.3. The predicted octanol–water partition coefficient (Wildman–Crippen LogP) is 3.09. The van der Waals surface area contributed by atoms with Gasteiger partial charge in [-0.2, -0.15) is 0 Å². The Balaban J connectivity index is 2.09. The fraction of sp³-hybridized carbons (Fsp3) is 0.562. The Bertz CT molecular complexity index is 453. The summed E-state index contributed by atoms with van der Waals surface area (Å²) in [7, 11) is 0. The molecular weight excluding hydrogens is 252 g/mol. The Morgan fingerprint density at radius 3 is 2.60 bits per heavy atom. The van der Waals surface area contributed by atoms with Crippen LogP contribution in [-0.4, -0.2) is 29.2 Å². The van der Waals surface area contributed by atoms with Gasteiger partial charge in [0.05, 0.1) is 12.1 Å². The van der Waals surface area contributed by atoms with Gasteiger partial charge in [-0.1, -0.05) is 30.3 Å².